The van der Waals surface area contributed by atoms with Crippen molar-refractivity contribution in [1.29, 1.82) is 0 Å². The molecule has 0 amide bonds. The van der Waals surface area contributed by atoms with Crippen molar-refractivity contribution in [2.24, 2.45) is 0 Å². The zero-order valence-corrected chi connectivity index (χ0v) is 10.6. The van der Waals surface area contributed by atoms with E-state index in [0.29, 0.717) is 0 Å². The Kier molecular flexibility index (Phi) is 3.42. The van der Waals surface area contributed by atoms with Crippen molar-refractivity contribution < 1.29 is 14.5 Å². The van der Waals surface area contributed by atoms with Crippen LogP contribution in [0.15, 0.2) is 42.5 Å². The van der Waals surface area contributed by atoms with Gasteiger partial charge in [0.1, 0.15) is 0 Å². The fraction of sp³-hybridized carbons (Fsp3) is 0.200. The number of carboxylic acid groups (broad SMARTS) is 1. The van der Waals surface area contributed by atoms with E-state index in [2.05, 4.69) is 12.1 Å². The number of pyridine rings is 1. The number of carbonyl (C=O) groups is 1. The van der Waals surface area contributed by atoms with Crippen LogP contribution in [0.4, 0.5) is 0 Å². The van der Waals surface area contributed by atoms with Gasteiger partial charge in [0.25, 0.3) is 0 Å². The fourth-order valence-electron chi connectivity index (χ4n) is 2.11. The van der Waals surface area contributed by atoms with E-state index >= 15 is 0 Å². The molecule has 1 aromatic carbocycles. The molecule has 0 aliphatic rings. The number of hydrogen-bond acceptors (Lipinski definition) is 1. The monoisotopic (exact) mass is 242 g/mol. The first-order chi connectivity index (χ1) is 8.58. The van der Waals surface area contributed by atoms with Crippen LogP contribution in [0.1, 0.15) is 11.4 Å². The molecular formula is C15H16NO2+. The van der Waals surface area contributed by atoms with Gasteiger partial charge < -0.3 is 5.11 Å². The summed E-state index contributed by atoms with van der Waals surface area (Å²) >= 11 is 0. The summed E-state index contributed by atoms with van der Waals surface area (Å²) in [6.45, 7) is 3.87. The zero-order chi connectivity index (χ0) is 13.1. The molecule has 0 bridgehead atoms. The average molecular weight is 242 g/mol. The SMILES string of the molecule is Cc1cc(-c2ccccc2)cc(C)[n+]1CC(=O)O. The summed E-state index contributed by atoms with van der Waals surface area (Å²) in [5, 5.41) is 8.88. The Balaban J connectivity index is 2.46. The third-order valence-electron chi connectivity index (χ3n) is 2.98. The lowest BCUT2D eigenvalue weighted by Crippen LogP contribution is -2.43. The summed E-state index contributed by atoms with van der Waals surface area (Å²) < 4.78 is 1.80. The van der Waals surface area contributed by atoms with Crippen LogP contribution in [0.2, 0.25) is 0 Å². The number of aliphatic carboxylic acids is 1. The number of carboxylic acids is 1. The molecule has 0 atom stereocenters. The molecule has 0 saturated heterocycles. The van der Waals surface area contributed by atoms with Crippen molar-refractivity contribution in [2.45, 2.75) is 20.4 Å². The van der Waals surface area contributed by atoms with Crippen molar-refractivity contribution in [3.63, 3.8) is 0 Å². The summed E-state index contributed by atoms with van der Waals surface area (Å²) in [4.78, 5) is 10.8. The average Bonchev–Trinajstić information content (AvgIpc) is 2.34. The van der Waals surface area contributed by atoms with Gasteiger partial charge in [0.15, 0.2) is 11.4 Å². The van der Waals surface area contributed by atoms with Crippen LogP contribution in [0.3, 0.4) is 0 Å². The van der Waals surface area contributed by atoms with Crippen LogP contribution in [-0.4, -0.2) is 11.1 Å². The summed E-state index contributed by atoms with van der Waals surface area (Å²) in [7, 11) is 0. The van der Waals surface area contributed by atoms with Crippen LogP contribution in [0.5, 0.6) is 0 Å². The summed E-state index contributed by atoms with van der Waals surface area (Å²) in [6.07, 6.45) is 0. The molecular weight excluding hydrogens is 226 g/mol. The van der Waals surface area contributed by atoms with Gasteiger partial charge in [0.2, 0.25) is 6.54 Å². The minimum absolute atomic E-state index is 0.00668. The number of nitrogens with zero attached hydrogens (tertiary/aromatic N) is 1. The highest BCUT2D eigenvalue weighted by Gasteiger charge is 2.16. The largest absolute Gasteiger partial charge is 0.477 e. The smallest absolute Gasteiger partial charge is 0.370 e. The number of hydrogen-bond donors (Lipinski definition) is 1. The number of aryl methyl sites for hydroxylation is 2. The lowest BCUT2D eigenvalue weighted by atomic mass is 10.0. The van der Waals surface area contributed by atoms with E-state index in [1.807, 2.05) is 44.2 Å². The zero-order valence-electron chi connectivity index (χ0n) is 10.6. The van der Waals surface area contributed by atoms with Gasteiger partial charge in [-0.15, -0.1) is 0 Å². The van der Waals surface area contributed by atoms with Crippen molar-refractivity contribution in [2.75, 3.05) is 0 Å². The molecule has 0 saturated carbocycles. The Hall–Kier alpha value is -2.16. The topological polar surface area (TPSA) is 41.2 Å². The normalized spacial score (nSPS) is 10.3. The molecule has 0 spiro atoms. The van der Waals surface area contributed by atoms with E-state index in [9.17, 15) is 4.79 Å². The van der Waals surface area contributed by atoms with Gasteiger partial charge >= 0.3 is 5.97 Å². The second-order valence-corrected chi connectivity index (χ2v) is 4.37. The molecule has 0 unspecified atom stereocenters. The molecule has 18 heavy (non-hydrogen) atoms. The second-order valence-electron chi connectivity index (χ2n) is 4.37. The standard InChI is InChI=1S/C15H15NO2/c1-11-8-14(13-6-4-3-5-7-13)9-12(2)16(11)10-15(17)18/h3-9H,10H2,1-2H3/p+1. The molecule has 0 aliphatic carbocycles. The number of rotatable bonds is 3. The predicted molar refractivity (Wildman–Crippen MR) is 69.2 cm³/mol. The van der Waals surface area contributed by atoms with E-state index < -0.39 is 5.97 Å². The lowest BCUT2D eigenvalue weighted by molar-refractivity contribution is -0.697. The van der Waals surface area contributed by atoms with Crippen LogP contribution in [0.25, 0.3) is 11.1 Å². The Morgan fingerprint density at radius 1 is 1.06 bits per heavy atom. The molecule has 0 radical (unpaired) electrons. The molecule has 2 rings (SSSR count). The van der Waals surface area contributed by atoms with Gasteiger partial charge in [-0.2, -0.15) is 4.57 Å². The van der Waals surface area contributed by atoms with Crippen molar-refractivity contribution in [1.82, 2.24) is 0 Å². The van der Waals surface area contributed by atoms with Gasteiger partial charge in [0, 0.05) is 26.0 Å². The Bertz CT molecular complexity index is 553. The minimum atomic E-state index is -0.821. The van der Waals surface area contributed by atoms with E-state index in [1.54, 1.807) is 4.57 Å². The van der Waals surface area contributed by atoms with Gasteiger partial charge in [0.05, 0.1) is 0 Å². The summed E-state index contributed by atoms with van der Waals surface area (Å²) in [6, 6.07) is 14.1. The maximum Gasteiger partial charge on any atom is 0.370 e. The van der Waals surface area contributed by atoms with Crippen LogP contribution in [0, 0.1) is 13.8 Å². The van der Waals surface area contributed by atoms with Crippen LogP contribution >= 0.6 is 0 Å². The maximum absolute atomic E-state index is 10.8. The summed E-state index contributed by atoms with van der Waals surface area (Å²) in [5.41, 5.74) is 4.17. The fourth-order valence-corrected chi connectivity index (χ4v) is 2.11. The Morgan fingerprint density at radius 3 is 2.11 bits per heavy atom. The molecule has 92 valence electrons. The molecule has 1 aromatic heterocycles. The summed E-state index contributed by atoms with van der Waals surface area (Å²) in [5.74, 6) is -0.821. The molecule has 3 nitrogen and oxygen atoms in total. The molecule has 3 heteroatoms. The third kappa shape index (κ3) is 2.56. The van der Waals surface area contributed by atoms with Crippen LogP contribution in [-0.2, 0) is 11.3 Å². The van der Waals surface area contributed by atoms with Gasteiger partial charge in [-0.3, -0.25) is 0 Å². The second kappa shape index (κ2) is 5.00. The molecule has 2 aromatic rings. The van der Waals surface area contributed by atoms with Crippen molar-refractivity contribution in [3.05, 3.63) is 53.9 Å². The molecule has 1 heterocycles. The Morgan fingerprint density at radius 2 is 1.61 bits per heavy atom. The van der Waals surface area contributed by atoms with E-state index in [0.717, 1.165) is 22.5 Å². The van der Waals surface area contributed by atoms with Gasteiger partial charge in [-0.25, -0.2) is 4.79 Å². The first-order valence-corrected chi connectivity index (χ1v) is 5.86. The molecule has 0 fully saturated rings. The highest BCUT2D eigenvalue weighted by Crippen LogP contribution is 2.19. The van der Waals surface area contributed by atoms with E-state index in [4.69, 9.17) is 5.11 Å². The van der Waals surface area contributed by atoms with E-state index in [1.165, 1.54) is 0 Å². The lowest BCUT2D eigenvalue weighted by Gasteiger charge is -2.06. The van der Waals surface area contributed by atoms with Crippen molar-refractivity contribution in [3.8, 4) is 11.1 Å². The Labute approximate surface area is 106 Å². The molecule has 1 N–H and O–H groups in total. The minimum Gasteiger partial charge on any atom is -0.477 e. The molecule has 0 aliphatic heterocycles. The van der Waals surface area contributed by atoms with E-state index in [-0.39, 0.29) is 6.54 Å². The highest BCUT2D eigenvalue weighted by molar-refractivity contribution is 5.65. The number of benzene rings is 1. The third-order valence-corrected chi connectivity index (χ3v) is 2.98. The predicted octanol–water partition coefficient (Wildman–Crippen LogP) is 2.34. The van der Waals surface area contributed by atoms with Crippen LogP contribution < -0.4 is 4.57 Å². The maximum atomic E-state index is 10.8. The van der Waals surface area contributed by atoms with Gasteiger partial charge in [-0.05, 0) is 11.1 Å². The first kappa shape index (κ1) is 12.3. The van der Waals surface area contributed by atoms with Crippen molar-refractivity contribution >= 4 is 5.97 Å². The highest BCUT2D eigenvalue weighted by atomic mass is 16.4. The number of aromatic nitrogens is 1. The van der Waals surface area contributed by atoms with Gasteiger partial charge in [-0.1, -0.05) is 30.3 Å². The quantitative estimate of drug-likeness (QED) is 0.839. The first-order valence-electron chi connectivity index (χ1n) is 5.86.